The quantitative estimate of drug-likeness (QED) is 0.821. The Morgan fingerprint density at radius 2 is 2.14 bits per heavy atom. The van der Waals surface area contributed by atoms with Crippen LogP contribution in [-0.2, 0) is 0 Å². The van der Waals surface area contributed by atoms with E-state index < -0.39 is 0 Å². The van der Waals surface area contributed by atoms with Gasteiger partial charge in [0.1, 0.15) is 5.82 Å². The highest BCUT2D eigenvalue weighted by atomic mass is 79.9. The van der Waals surface area contributed by atoms with Gasteiger partial charge < -0.3 is 5.32 Å². The molecule has 1 unspecified atom stereocenters. The number of rotatable bonds is 5. The van der Waals surface area contributed by atoms with Gasteiger partial charge in [-0.05, 0) is 48.5 Å². The van der Waals surface area contributed by atoms with Gasteiger partial charge in [0.05, 0.1) is 22.4 Å². The number of hydrogen-bond donors (Lipinski definition) is 1. The maximum absolute atomic E-state index is 14.3. The SMILES string of the molecule is CCNC(c1ccc(Cl)cc1F)c1c(Br)cnn1C(C)C. The molecule has 0 spiro atoms. The van der Waals surface area contributed by atoms with E-state index in [1.165, 1.54) is 6.07 Å². The first-order chi connectivity index (χ1) is 9.95. The van der Waals surface area contributed by atoms with Crippen LogP contribution in [0.2, 0.25) is 5.02 Å². The topological polar surface area (TPSA) is 29.9 Å². The van der Waals surface area contributed by atoms with Crippen LogP contribution in [0.3, 0.4) is 0 Å². The van der Waals surface area contributed by atoms with Gasteiger partial charge >= 0.3 is 0 Å². The standard InChI is InChI=1S/C15H18BrClFN3/c1-4-19-14(11-6-5-10(17)7-13(11)18)15-12(16)8-20-21(15)9(2)3/h5-9,14,19H,4H2,1-3H3. The van der Waals surface area contributed by atoms with Gasteiger partial charge in [-0.15, -0.1) is 0 Å². The molecule has 0 saturated carbocycles. The summed E-state index contributed by atoms with van der Waals surface area (Å²) >= 11 is 9.37. The zero-order valence-corrected chi connectivity index (χ0v) is 14.5. The van der Waals surface area contributed by atoms with Crippen molar-refractivity contribution in [2.75, 3.05) is 6.54 Å². The normalized spacial score (nSPS) is 12.9. The minimum absolute atomic E-state index is 0.183. The van der Waals surface area contributed by atoms with E-state index in [1.54, 1.807) is 18.3 Å². The van der Waals surface area contributed by atoms with Crippen molar-refractivity contribution in [1.82, 2.24) is 15.1 Å². The van der Waals surface area contributed by atoms with Crippen LogP contribution in [0.5, 0.6) is 0 Å². The van der Waals surface area contributed by atoms with Crippen LogP contribution in [-0.4, -0.2) is 16.3 Å². The highest BCUT2D eigenvalue weighted by molar-refractivity contribution is 9.10. The molecule has 1 N–H and O–H groups in total. The fourth-order valence-electron chi connectivity index (χ4n) is 2.33. The van der Waals surface area contributed by atoms with Crippen molar-refractivity contribution in [2.24, 2.45) is 0 Å². The molecule has 2 rings (SSSR count). The summed E-state index contributed by atoms with van der Waals surface area (Å²) in [6, 6.07) is 4.66. The molecule has 1 aromatic heterocycles. The first-order valence-electron chi connectivity index (χ1n) is 6.87. The van der Waals surface area contributed by atoms with Gasteiger partial charge in [-0.2, -0.15) is 5.10 Å². The summed E-state index contributed by atoms with van der Waals surface area (Å²) in [6.45, 7) is 6.79. The minimum atomic E-state index is -0.322. The van der Waals surface area contributed by atoms with Gasteiger partial charge in [0.15, 0.2) is 0 Å². The third-order valence-corrected chi connectivity index (χ3v) is 4.08. The Labute approximate surface area is 137 Å². The Hall–Kier alpha value is -0.910. The molecule has 0 aliphatic rings. The molecule has 0 saturated heterocycles. The van der Waals surface area contributed by atoms with Crippen LogP contribution >= 0.6 is 27.5 Å². The number of nitrogens with one attached hydrogen (secondary N) is 1. The molecule has 0 amide bonds. The van der Waals surface area contributed by atoms with E-state index in [1.807, 2.05) is 25.5 Å². The van der Waals surface area contributed by atoms with E-state index in [4.69, 9.17) is 11.6 Å². The third-order valence-electron chi connectivity index (χ3n) is 3.23. The molecule has 1 heterocycles. The van der Waals surface area contributed by atoms with E-state index >= 15 is 0 Å². The molecular formula is C15H18BrClFN3. The number of benzene rings is 1. The molecule has 0 aliphatic carbocycles. The number of aromatic nitrogens is 2. The molecule has 2 aromatic rings. The monoisotopic (exact) mass is 373 g/mol. The molecule has 21 heavy (non-hydrogen) atoms. The van der Waals surface area contributed by atoms with Crippen molar-refractivity contribution in [1.29, 1.82) is 0 Å². The van der Waals surface area contributed by atoms with E-state index in [0.29, 0.717) is 17.1 Å². The van der Waals surface area contributed by atoms with Crippen LogP contribution in [0.25, 0.3) is 0 Å². The molecule has 0 bridgehead atoms. The molecule has 0 aliphatic heterocycles. The molecule has 114 valence electrons. The lowest BCUT2D eigenvalue weighted by atomic mass is 10.0. The predicted octanol–water partition coefficient (Wildman–Crippen LogP) is 4.72. The lowest BCUT2D eigenvalue weighted by Crippen LogP contribution is -2.26. The maximum Gasteiger partial charge on any atom is 0.129 e. The molecular weight excluding hydrogens is 357 g/mol. The first kappa shape index (κ1) is 16.5. The lowest BCUT2D eigenvalue weighted by Gasteiger charge is -2.22. The third kappa shape index (κ3) is 3.47. The van der Waals surface area contributed by atoms with Crippen LogP contribution in [0.15, 0.2) is 28.9 Å². The van der Waals surface area contributed by atoms with E-state index in [0.717, 1.165) is 10.2 Å². The van der Waals surface area contributed by atoms with Crippen molar-refractivity contribution in [3.63, 3.8) is 0 Å². The average molecular weight is 375 g/mol. The summed E-state index contributed by atoms with van der Waals surface area (Å²) in [6.07, 6.45) is 1.74. The number of nitrogens with zero attached hydrogens (tertiary/aromatic N) is 2. The summed E-state index contributed by atoms with van der Waals surface area (Å²) in [5, 5.41) is 8.09. The lowest BCUT2D eigenvalue weighted by molar-refractivity contribution is 0.466. The summed E-state index contributed by atoms with van der Waals surface area (Å²) in [5.74, 6) is -0.322. The van der Waals surface area contributed by atoms with Crippen molar-refractivity contribution in [2.45, 2.75) is 32.9 Å². The first-order valence-corrected chi connectivity index (χ1v) is 8.04. The van der Waals surface area contributed by atoms with E-state index in [-0.39, 0.29) is 17.9 Å². The largest absolute Gasteiger partial charge is 0.305 e. The second-order valence-electron chi connectivity index (χ2n) is 5.07. The molecule has 0 radical (unpaired) electrons. The average Bonchev–Trinajstić information content (AvgIpc) is 2.79. The van der Waals surface area contributed by atoms with Crippen molar-refractivity contribution in [3.05, 3.63) is 51.0 Å². The van der Waals surface area contributed by atoms with Crippen LogP contribution in [0, 0.1) is 5.82 Å². The fraction of sp³-hybridized carbons (Fsp3) is 0.400. The van der Waals surface area contributed by atoms with Crippen molar-refractivity contribution < 1.29 is 4.39 Å². The minimum Gasteiger partial charge on any atom is -0.305 e. The zero-order chi connectivity index (χ0) is 15.6. The smallest absolute Gasteiger partial charge is 0.129 e. The second-order valence-corrected chi connectivity index (χ2v) is 6.36. The Bertz CT molecular complexity index is 627. The molecule has 0 fully saturated rings. The highest BCUT2D eigenvalue weighted by Crippen LogP contribution is 2.32. The number of halogens is 3. The summed E-state index contributed by atoms with van der Waals surface area (Å²) in [4.78, 5) is 0. The highest BCUT2D eigenvalue weighted by Gasteiger charge is 2.24. The van der Waals surface area contributed by atoms with Crippen LogP contribution in [0.4, 0.5) is 4.39 Å². The van der Waals surface area contributed by atoms with E-state index in [9.17, 15) is 4.39 Å². The summed E-state index contributed by atoms with van der Waals surface area (Å²) in [7, 11) is 0. The Balaban J connectivity index is 2.56. The van der Waals surface area contributed by atoms with Gasteiger partial charge in [0, 0.05) is 16.6 Å². The van der Waals surface area contributed by atoms with Gasteiger partial charge in [-0.3, -0.25) is 4.68 Å². The summed E-state index contributed by atoms with van der Waals surface area (Å²) < 4.78 is 17.1. The Morgan fingerprint density at radius 1 is 1.43 bits per heavy atom. The summed E-state index contributed by atoms with van der Waals surface area (Å²) in [5.41, 5.74) is 1.47. The van der Waals surface area contributed by atoms with Crippen LogP contribution in [0.1, 0.15) is 44.1 Å². The van der Waals surface area contributed by atoms with Gasteiger partial charge in [0.2, 0.25) is 0 Å². The molecule has 1 aromatic carbocycles. The Morgan fingerprint density at radius 3 is 2.71 bits per heavy atom. The fourth-order valence-corrected chi connectivity index (χ4v) is 2.99. The number of hydrogen-bond acceptors (Lipinski definition) is 2. The van der Waals surface area contributed by atoms with Gasteiger partial charge in [-0.1, -0.05) is 24.6 Å². The predicted molar refractivity (Wildman–Crippen MR) is 87.2 cm³/mol. The van der Waals surface area contributed by atoms with Crippen LogP contribution < -0.4 is 5.32 Å². The second kappa shape index (κ2) is 6.90. The van der Waals surface area contributed by atoms with Crippen molar-refractivity contribution in [3.8, 4) is 0 Å². The zero-order valence-electron chi connectivity index (χ0n) is 12.2. The Kier molecular flexibility index (Phi) is 5.41. The van der Waals surface area contributed by atoms with E-state index in [2.05, 4.69) is 26.3 Å². The molecule has 1 atom stereocenters. The van der Waals surface area contributed by atoms with Gasteiger partial charge in [0.25, 0.3) is 0 Å². The molecule has 3 nitrogen and oxygen atoms in total. The maximum atomic E-state index is 14.3. The van der Waals surface area contributed by atoms with Crippen molar-refractivity contribution >= 4 is 27.5 Å². The molecule has 6 heteroatoms. The van der Waals surface area contributed by atoms with Gasteiger partial charge in [-0.25, -0.2) is 4.39 Å².